The first-order valence-corrected chi connectivity index (χ1v) is 10.9. The first-order valence-electron chi connectivity index (χ1n) is 10.9. The Morgan fingerprint density at radius 2 is 1.94 bits per heavy atom. The third-order valence-electron chi connectivity index (χ3n) is 6.06. The van der Waals surface area contributed by atoms with Crippen LogP contribution in [-0.2, 0) is 14.1 Å². The van der Waals surface area contributed by atoms with Gasteiger partial charge in [0.15, 0.2) is 5.82 Å². The Balaban J connectivity index is 1.43. The molecule has 0 saturated heterocycles. The lowest BCUT2D eigenvalue weighted by Gasteiger charge is -2.30. The van der Waals surface area contributed by atoms with Crippen molar-refractivity contribution in [3.8, 4) is 5.75 Å². The van der Waals surface area contributed by atoms with Gasteiger partial charge in [-0.05, 0) is 32.6 Å². The molecule has 10 heteroatoms. The second kappa shape index (κ2) is 9.41. The zero-order valence-electron chi connectivity index (χ0n) is 18.6. The van der Waals surface area contributed by atoms with E-state index in [4.69, 9.17) is 4.74 Å². The monoisotopic (exact) mass is 448 g/mol. The van der Waals surface area contributed by atoms with E-state index in [1.807, 2.05) is 48.5 Å². The van der Waals surface area contributed by atoms with Crippen molar-refractivity contribution < 1.29 is 18.6 Å². The zero-order chi connectivity index (χ0) is 22.8. The van der Waals surface area contributed by atoms with Gasteiger partial charge in [0.05, 0.1) is 23.6 Å². The Bertz CT molecular complexity index is 1040. The van der Waals surface area contributed by atoms with Crippen molar-refractivity contribution in [1.82, 2.24) is 24.6 Å². The molecule has 4 rings (SSSR count). The number of alkyl halides is 2. The Labute approximate surface area is 185 Å². The van der Waals surface area contributed by atoms with Gasteiger partial charge in [0.1, 0.15) is 17.4 Å². The molecular formula is C22H30F2N6O2. The van der Waals surface area contributed by atoms with Crippen LogP contribution in [0.15, 0.2) is 24.5 Å². The number of aliphatic hydroxyl groups is 1. The number of hydrogen-bond donors (Lipinski definition) is 3. The van der Waals surface area contributed by atoms with Crippen molar-refractivity contribution in [2.75, 3.05) is 11.9 Å². The predicted molar refractivity (Wildman–Crippen MR) is 119 cm³/mol. The minimum absolute atomic E-state index is 0.0451. The normalized spacial score (nSPS) is 20.1. The van der Waals surface area contributed by atoms with Gasteiger partial charge in [0.25, 0.3) is 6.43 Å². The van der Waals surface area contributed by atoms with Crippen LogP contribution in [0.4, 0.5) is 20.3 Å². The molecule has 0 radical (unpaired) electrons. The summed E-state index contributed by atoms with van der Waals surface area (Å²) in [5.74, 6) is 1.49. The maximum atomic E-state index is 12.5. The van der Waals surface area contributed by atoms with Crippen LogP contribution in [0.25, 0.3) is 11.0 Å². The van der Waals surface area contributed by atoms with E-state index in [0.29, 0.717) is 0 Å². The van der Waals surface area contributed by atoms with E-state index in [1.54, 1.807) is 6.33 Å². The number of nitrogens with one attached hydrogen (secondary N) is 2. The van der Waals surface area contributed by atoms with Crippen molar-refractivity contribution in [1.29, 1.82) is 0 Å². The van der Waals surface area contributed by atoms with Gasteiger partial charge < -0.3 is 25.0 Å². The molecule has 1 aromatic carbocycles. The maximum Gasteiger partial charge on any atom is 0.265 e. The lowest BCUT2D eigenvalue weighted by atomic mass is 9.93. The van der Waals surface area contributed by atoms with E-state index in [2.05, 4.69) is 20.7 Å². The number of imidazole rings is 1. The molecule has 0 bridgehead atoms. The highest BCUT2D eigenvalue weighted by Gasteiger charge is 2.25. The van der Waals surface area contributed by atoms with Gasteiger partial charge in [-0.1, -0.05) is 0 Å². The van der Waals surface area contributed by atoms with Gasteiger partial charge in [-0.3, -0.25) is 4.68 Å². The van der Waals surface area contributed by atoms with Crippen molar-refractivity contribution in [3.05, 3.63) is 30.2 Å². The fourth-order valence-electron chi connectivity index (χ4n) is 4.08. The van der Waals surface area contributed by atoms with Crippen LogP contribution < -0.4 is 15.4 Å². The summed E-state index contributed by atoms with van der Waals surface area (Å²) in [6.45, 7) is 1.90. The minimum Gasteiger partial charge on any atom is -0.490 e. The molecule has 0 amide bonds. The molecule has 2 aromatic heterocycles. The number of hydrogen-bond acceptors (Lipinski definition) is 6. The van der Waals surface area contributed by atoms with Crippen LogP contribution in [0.1, 0.15) is 31.4 Å². The molecule has 8 nitrogen and oxygen atoms in total. The molecule has 1 fully saturated rings. The molecule has 0 unspecified atom stereocenters. The highest BCUT2D eigenvalue weighted by molar-refractivity contribution is 5.91. The Morgan fingerprint density at radius 3 is 2.59 bits per heavy atom. The van der Waals surface area contributed by atoms with E-state index >= 15 is 0 Å². The molecule has 1 saturated carbocycles. The van der Waals surface area contributed by atoms with Gasteiger partial charge in [-0.15, -0.1) is 0 Å². The summed E-state index contributed by atoms with van der Waals surface area (Å²) in [5, 5.41) is 20.2. The number of aromatic nitrogens is 4. The summed E-state index contributed by atoms with van der Waals surface area (Å²) in [6, 6.07) is 6.03. The van der Waals surface area contributed by atoms with Crippen LogP contribution in [0.5, 0.6) is 5.75 Å². The van der Waals surface area contributed by atoms with Gasteiger partial charge in [0, 0.05) is 50.6 Å². The maximum absolute atomic E-state index is 12.5. The van der Waals surface area contributed by atoms with Crippen molar-refractivity contribution in [2.45, 2.75) is 57.3 Å². The third kappa shape index (κ3) is 5.02. The summed E-state index contributed by atoms with van der Waals surface area (Å²) in [7, 11) is 3.84. The molecule has 1 aliphatic carbocycles. The minimum atomic E-state index is -2.72. The average Bonchev–Trinajstić information content (AvgIpc) is 3.28. The number of aliphatic hydroxyl groups excluding tert-OH is 1. The molecule has 1 atom stereocenters. The Morgan fingerprint density at radius 1 is 1.19 bits per heavy atom. The van der Waals surface area contributed by atoms with Crippen LogP contribution in [-0.4, -0.2) is 55.7 Å². The average molecular weight is 449 g/mol. The standard InChI is InChI=1S/C22H30F2N6O2/c1-13-8-20(28-30(13)3)27-17-9-16(10-18-21(17)26-12-29(18)2)32-15-6-4-14(5-7-15)25-11-19(31)22(23)24/h8-10,12,14-15,19,22,25,31H,4-7,11H2,1-3H3,(H,27,28)/t14-,15+,19-/m1/s1. The van der Waals surface area contributed by atoms with Crippen LogP contribution in [0, 0.1) is 6.92 Å². The van der Waals surface area contributed by atoms with Crippen molar-refractivity contribution >= 4 is 22.5 Å². The molecular weight excluding hydrogens is 418 g/mol. The predicted octanol–water partition coefficient (Wildman–Crippen LogP) is 3.26. The van der Waals surface area contributed by atoms with E-state index in [1.165, 1.54) is 0 Å². The summed E-state index contributed by atoms with van der Waals surface area (Å²) < 4.78 is 35.0. The van der Waals surface area contributed by atoms with Crippen LogP contribution >= 0.6 is 0 Å². The van der Waals surface area contributed by atoms with E-state index < -0.39 is 12.5 Å². The van der Waals surface area contributed by atoms with E-state index in [-0.39, 0.29) is 18.7 Å². The van der Waals surface area contributed by atoms with E-state index in [9.17, 15) is 13.9 Å². The molecule has 1 aliphatic rings. The van der Waals surface area contributed by atoms with Gasteiger partial charge in [-0.25, -0.2) is 13.8 Å². The first-order chi connectivity index (χ1) is 15.3. The zero-order valence-corrected chi connectivity index (χ0v) is 18.6. The molecule has 174 valence electrons. The van der Waals surface area contributed by atoms with E-state index in [0.717, 1.165) is 59.7 Å². The van der Waals surface area contributed by atoms with Gasteiger partial charge in [0.2, 0.25) is 0 Å². The molecule has 0 spiro atoms. The molecule has 0 aliphatic heterocycles. The highest BCUT2D eigenvalue weighted by Crippen LogP contribution is 2.32. The second-order valence-corrected chi connectivity index (χ2v) is 8.52. The summed E-state index contributed by atoms with van der Waals surface area (Å²) in [5.41, 5.74) is 3.67. The number of nitrogens with zero attached hydrogens (tertiary/aromatic N) is 4. The number of ether oxygens (including phenoxy) is 1. The quantitative estimate of drug-likeness (QED) is 0.490. The molecule has 2 heterocycles. The first kappa shape index (κ1) is 22.5. The van der Waals surface area contributed by atoms with Crippen molar-refractivity contribution in [2.24, 2.45) is 14.1 Å². The second-order valence-electron chi connectivity index (χ2n) is 8.52. The van der Waals surface area contributed by atoms with Gasteiger partial charge in [-0.2, -0.15) is 5.10 Å². The summed E-state index contributed by atoms with van der Waals surface area (Å²) >= 11 is 0. The summed E-state index contributed by atoms with van der Waals surface area (Å²) in [6.07, 6.45) is 0.727. The lowest BCUT2D eigenvalue weighted by Crippen LogP contribution is -2.41. The van der Waals surface area contributed by atoms with Crippen LogP contribution in [0.3, 0.4) is 0 Å². The number of halogens is 2. The third-order valence-corrected chi connectivity index (χ3v) is 6.06. The number of fused-ring (bicyclic) bond motifs is 1. The smallest absolute Gasteiger partial charge is 0.265 e. The summed E-state index contributed by atoms with van der Waals surface area (Å²) in [4.78, 5) is 4.52. The molecule has 3 N–H and O–H groups in total. The molecule has 3 aromatic rings. The SMILES string of the molecule is Cc1cc(Nc2cc(O[C@H]3CC[C@@H](NC[C@@H](O)C(F)F)CC3)cc3c2ncn3C)nn1C. The highest BCUT2D eigenvalue weighted by atomic mass is 19.3. The largest absolute Gasteiger partial charge is 0.490 e. The molecule has 32 heavy (non-hydrogen) atoms. The Hall–Kier alpha value is -2.72. The van der Waals surface area contributed by atoms with Gasteiger partial charge >= 0.3 is 0 Å². The topological polar surface area (TPSA) is 89.2 Å². The number of rotatable bonds is 8. The fourth-order valence-corrected chi connectivity index (χ4v) is 4.08. The van der Waals surface area contributed by atoms with Crippen molar-refractivity contribution in [3.63, 3.8) is 0 Å². The lowest BCUT2D eigenvalue weighted by molar-refractivity contribution is -0.00585. The van der Waals surface area contributed by atoms with Crippen LogP contribution in [0.2, 0.25) is 0 Å². The number of anilines is 2. The number of aryl methyl sites for hydroxylation is 3. The fraction of sp³-hybridized carbons (Fsp3) is 0.545. The number of benzene rings is 1. The Kier molecular flexibility index (Phi) is 6.61.